The molecule has 2 saturated carbocycles. The van der Waals surface area contributed by atoms with E-state index >= 15 is 0 Å². The number of nitrogens with zero attached hydrogens (tertiary/aromatic N) is 1. The summed E-state index contributed by atoms with van der Waals surface area (Å²) in [6.07, 6.45) is 2.93. The Morgan fingerprint density at radius 2 is 1.84 bits per heavy atom. The van der Waals surface area contributed by atoms with Crippen molar-refractivity contribution >= 4 is 5.91 Å². The average molecular weight is 427 g/mol. The number of rotatable bonds is 8. The highest BCUT2D eigenvalue weighted by Crippen LogP contribution is 2.48. The first-order chi connectivity index (χ1) is 15.0. The Morgan fingerprint density at radius 1 is 1.10 bits per heavy atom. The maximum Gasteiger partial charge on any atom is 0.255 e. The number of halogens is 2. The highest BCUT2D eigenvalue weighted by Gasteiger charge is 2.57. The molecule has 0 spiro atoms. The summed E-state index contributed by atoms with van der Waals surface area (Å²) < 4.78 is 31.6. The van der Waals surface area contributed by atoms with Gasteiger partial charge in [0, 0.05) is 38.5 Å². The van der Waals surface area contributed by atoms with Crippen molar-refractivity contribution in [3.05, 3.63) is 64.7 Å². The van der Waals surface area contributed by atoms with E-state index in [0.29, 0.717) is 12.3 Å². The van der Waals surface area contributed by atoms with Crippen molar-refractivity contribution in [2.75, 3.05) is 13.2 Å². The molecule has 1 N–H and O–H groups in total. The summed E-state index contributed by atoms with van der Waals surface area (Å²) in [4.78, 5) is 14.2. The summed E-state index contributed by atoms with van der Waals surface area (Å²) >= 11 is 0. The second-order valence-corrected chi connectivity index (χ2v) is 9.17. The van der Waals surface area contributed by atoms with Gasteiger partial charge in [0.25, 0.3) is 5.92 Å². The second-order valence-electron chi connectivity index (χ2n) is 9.17. The Bertz CT molecular complexity index is 956. The van der Waals surface area contributed by atoms with Gasteiger partial charge < -0.3 is 10.1 Å². The van der Waals surface area contributed by atoms with Gasteiger partial charge in [-0.3, -0.25) is 9.69 Å². The van der Waals surface area contributed by atoms with Crippen molar-refractivity contribution in [1.82, 2.24) is 10.2 Å². The molecule has 1 atom stereocenters. The molecule has 0 radical (unpaired) electrons. The molecule has 1 amide bonds. The van der Waals surface area contributed by atoms with E-state index < -0.39 is 11.8 Å². The van der Waals surface area contributed by atoms with Gasteiger partial charge in [0.15, 0.2) is 0 Å². The molecule has 2 aliphatic carbocycles. The molecule has 5 rings (SSSR count). The minimum atomic E-state index is -2.53. The highest BCUT2D eigenvalue weighted by atomic mass is 19.3. The van der Waals surface area contributed by atoms with Crippen molar-refractivity contribution in [3.8, 4) is 5.75 Å². The summed E-state index contributed by atoms with van der Waals surface area (Å²) in [5, 5.41) is 3.00. The molecule has 1 heterocycles. The molecule has 31 heavy (non-hydrogen) atoms. The Morgan fingerprint density at radius 3 is 2.55 bits per heavy atom. The molecule has 6 heteroatoms. The average Bonchev–Trinajstić information content (AvgIpc) is 3.69. The maximum absolute atomic E-state index is 13.0. The molecule has 4 nitrogen and oxygen atoms in total. The lowest BCUT2D eigenvalue weighted by Gasteiger charge is -2.29. The molecule has 164 valence electrons. The van der Waals surface area contributed by atoms with Crippen molar-refractivity contribution in [2.24, 2.45) is 11.8 Å². The quantitative estimate of drug-likeness (QED) is 0.684. The van der Waals surface area contributed by atoms with E-state index in [1.807, 2.05) is 12.1 Å². The van der Waals surface area contributed by atoms with Crippen LogP contribution < -0.4 is 10.1 Å². The van der Waals surface area contributed by atoms with E-state index in [-0.39, 0.29) is 24.9 Å². The van der Waals surface area contributed by atoms with Gasteiger partial charge in [-0.15, -0.1) is 0 Å². The minimum Gasteiger partial charge on any atom is -0.493 e. The van der Waals surface area contributed by atoms with Gasteiger partial charge >= 0.3 is 0 Å². The Labute approximate surface area is 181 Å². The number of benzene rings is 2. The van der Waals surface area contributed by atoms with Crippen LogP contribution in [0.3, 0.4) is 0 Å². The van der Waals surface area contributed by atoms with Crippen LogP contribution in [0.15, 0.2) is 42.5 Å². The van der Waals surface area contributed by atoms with Gasteiger partial charge in [0.1, 0.15) is 5.75 Å². The third kappa shape index (κ3) is 5.06. The van der Waals surface area contributed by atoms with Crippen LogP contribution in [0.1, 0.15) is 41.5 Å². The third-order valence-electron chi connectivity index (χ3n) is 6.52. The first-order valence-corrected chi connectivity index (χ1v) is 11.2. The van der Waals surface area contributed by atoms with E-state index in [9.17, 15) is 13.6 Å². The predicted octanol–water partition coefficient (Wildman–Crippen LogP) is 4.31. The van der Waals surface area contributed by atoms with Gasteiger partial charge in [0.2, 0.25) is 5.91 Å². The Balaban J connectivity index is 1.11. The zero-order valence-electron chi connectivity index (χ0n) is 17.6. The molecule has 2 aromatic carbocycles. The molecule has 1 aliphatic heterocycles. The maximum atomic E-state index is 13.0. The van der Waals surface area contributed by atoms with E-state index in [2.05, 4.69) is 40.5 Å². The molecule has 0 bridgehead atoms. The van der Waals surface area contributed by atoms with Crippen LogP contribution in [0.25, 0.3) is 0 Å². The number of hydrogen-bond donors (Lipinski definition) is 1. The molecule has 0 aromatic heterocycles. The standard InChI is InChI=1S/C25H28F2N2O2/c26-25(27)12-22(25)16-31-23-8-7-21-15-29(10-9-20(21)11-23)14-18-3-1-17(2-4-18)13-28-24(30)19-5-6-19/h1-4,7-8,11,19,22H,5-6,9-10,12-16H2,(H,28,30). The normalized spacial score (nSPS) is 21.9. The van der Waals surface area contributed by atoms with Gasteiger partial charge in [-0.1, -0.05) is 30.3 Å². The predicted molar refractivity (Wildman–Crippen MR) is 114 cm³/mol. The largest absolute Gasteiger partial charge is 0.493 e. The first-order valence-electron chi connectivity index (χ1n) is 11.2. The number of amides is 1. The monoisotopic (exact) mass is 426 g/mol. The van der Waals surface area contributed by atoms with Crippen molar-refractivity contribution < 1.29 is 18.3 Å². The van der Waals surface area contributed by atoms with Gasteiger partial charge in [0.05, 0.1) is 12.5 Å². The zero-order chi connectivity index (χ0) is 21.4. The van der Waals surface area contributed by atoms with Gasteiger partial charge in [-0.2, -0.15) is 0 Å². The van der Waals surface area contributed by atoms with Crippen LogP contribution in [-0.4, -0.2) is 29.9 Å². The van der Waals surface area contributed by atoms with E-state index in [0.717, 1.165) is 44.5 Å². The fourth-order valence-electron chi connectivity index (χ4n) is 4.16. The third-order valence-corrected chi connectivity index (χ3v) is 6.52. The zero-order valence-corrected chi connectivity index (χ0v) is 17.6. The number of alkyl halides is 2. The first kappa shape index (κ1) is 20.4. The minimum absolute atomic E-state index is 0.0526. The topological polar surface area (TPSA) is 41.6 Å². The number of carbonyl (C=O) groups is 1. The summed E-state index contributed by atoms with van der Waals surface area (Å²) in [5.74, 6) is -2.04. The lowest BCUT2D eigenvalue weighted by atomic mass is 9.99. The molecule has 0 saturated heterocycles. The molecular weight excluding hydrogens is 398 g/mol. The van der Waals surface area contributed by atoms with E-state index in [1.54, 1.807) is 0 Å². The fourth-order valence-corrected chi connectivity index (χ4v) is 4.16. The summed E-state index contributed by atoms with van der Waals surface area (Å²) in [6.45, 7) is 3.39. The number of hydrogen-bond acceptors (Lipinski definition) is 3. The Hall–Kier alpha value is -2.47. The SMILES string of the molecule is O=C(NCc1ccc(CN2CCc3cc(OCC4CC4(F)F)ccc3C2)cc1)C1CC1. The molecule has 2 fully saturated rings. The molecule has 2 aromatic rings. The number of carbonyl (C=O) groups excluding carboxylic acids is 1. The molecule has 1 unspecified atom stereocenters. The summed E-state index contributed by atoms with van der Waals surface area (Å²) in [7, 11) is 0. The van der Waals surface area contributed by atoms with Crippen molar-refractivity contribution in [3.63, 3.8) is 0 Å². The van der Waals surface area contributed by atoms with E-state index in [4.69, 9.17) is 4.74 Å². The van der Waals surface area contributed by atoms with Crippen LogP contribution in [0.4, 0.5) is 8.78 Å². The summed E-state index contributed by atoms with van der Waals surface area (Å²) in [6, 6.07) is 14.4. The summed E-state index contributed by atoms with van der Waals surface area (Å²) in [5.41, 5.74) is 4.90. The van der Waals surface area contributed by atoms with Gasteiger partial charge in [-0.05, 0) is 53.6 Å². The van der Waals surface area contributed by atoms with Gasteiger partial charge in [-0.25, -0.2) is 8.78 Å². The van der Waals surface area contributed by atoms with Crippen LogP contribution in [0.2, 0.25) is 0 Å². The number of nitrogens with one attached hydrogen (secondary N) is 1. The fraction of sp³-hybridized carbons (Fsp3) is 0.480. The van der Waals surface area contributed by atoms with Crippen molar-refractivity contribution in [2.45, 2.75) is 51.2 Å². The van der Waals surface area contributed by atoms with Crippen LogP contribution >= 0.6 is 0 Å². The molecular formula is C25H28F2N2O2. The van der Waals surface area contributed by atoms with Crippen molar-refractivity contribution in [1.29, 1.82) is 0 Å². The smallest absolute Gasteiger partial charge is 0.255 e. The van der Waals surface area contributed by atoms with Crippen LogP contribution in [0.5, 0.6) is 5.75 Å². The number of fused-ring (bicyclic) bond motifs is 1. The number of ether oxygens (including phenoxy) is 1. The highest BCUT2D eigenvalue weighted by molar-refractivity contribution is 5.80. The molecule has 3 aliphatic rings. The lowest BCUT2D eigenvalue weighted by Crippen LogP contribution is -2.30. The Kier molecular flexibility index (Phi) is 5.42. The van der Waals surface area contributed by atoms with E-state index in [1.165, 1.54) is 16.7 Å². The van der Waals surface area contributed by atoms with Crippen LogP contribution in [-0.2, 0) is 30.8 Å². The lowest BCUT2D eigenvalue weighted by molar-refractivity contribution is -0.122. The second kappa shape index (κ2) is 8.23. The van der Waals surface area contributed by atoms with Crippen LogP contribution in [0, 0.1) is 11.8 Å².